The second-order valence-electron chi connectivity index (χ2n) is 4.09. The van der Waals surface area contributed by atoms with E-state index in [0.717, 1.165) is 15.9 Å². The Hall–Kier alpha value is -0.230. The molecule has 0 saturated carbocycles. The van der Waals surface area contributed by atoms with Crippen molar-refractivity contribution in [2.24, 2.45) is 0 Å². The van der Waals surface area contributed by atoms with Crippen molar-refractivity contribution in [1.29, 1.82) is 0 Å². The number of hydrogen-bond donors (Lipinski definition) is 1. The molecule has 0 amide bonds. The van der Waals surface area contributed by atoms with Gasteiger partial charge in [-0.05, 0) is 69.1 Å². The molecule has 0 saturated heterocycles. The Kier molecular flexibility index (Phi) is 4.95. The molecule has 96 valence electrons. The minimum atomic E-state index is 0.274. The summed E-state index contributed by atoms with van der Waals surface area (Å²) in [5.74, 6) is 0. The normalized spacial score (nSPS) is 12.7. The van der Waals surface area contributed by atoms with Crippen molar-refractivity contribution in [1.82, 2.24) is 10.3 Å². The first-order valence-corrected chi connectivity index (χ1v) is 8.04. The fourth-order valence-electron chi connectivity index (χ4n) is 1.88. The number of halogens is 2. The monoisotopic (exact) mass is 388 g/mol. The summed E-state index contributed by atoms with van der Waals surface area (Å²) in [6.45, 7) is 2.10. The maximum atomic E-state index is 4.46. The van der Waals surface area contributed by atoms with Crippen LogP contribution in [0.3, 0.4) is 0 Å². The van der Waals surface area contributed by atoms with Crippen LogP contribution >= 0.6 is 43.2 Å². The minimum Gasteiger partial charge on any atom is -0.313 e. The van der Waals surface area contributed by atoms with E-state index in [9.17, 15) is 0 Å². The Morgan fingerprint density at radius 2 is 2.22 bits per heavy atom. The van der Waals surface area contributed by atoms with Gasteiger partial charge in [0.15, 0.2) is 0 Å². The van der Waals surface area contributed by atoms with Crippen molar-refractivity contribution in [2.45, 2.75) is 19.4 Å². The van der Waals surface area contributed by atoms with Gasteiger partial charge in [-0.2, -0.15) is 0 Å². The van der Waals surface area contributed by atoms with E-state index in [1.807, 2.05) is 19.3 Å². The average Bonchev–Trinajstić information content (AvgIpc) is 2.67. The van der Waals surface area contributed by atoms with E-state index in [4.69, 9.17) is 0 Å². The third kappa shape index (κ3) is 3.20. The molecule has 5 heteroatoms. The van der Waals surface area contributed by atoms with Crippen LogP contribution in [0, 0.1) is 6.92 Å². The van der Waals surface area contributed by atoms with E-state index in [0.29, 0.717) is 0 Å². The van der Waals surface area contributed by atoms with Gasteiger partial charge in [0.25, 0.3) is 0 Å². The minimum absolute atomic E-state index is 0.274. The fraction of sp³-hybridized carbons (Fsp3) is 0.308. The largest absolute Gasteiger partial charge is 0.313 e. The summed E-state index contributed by atoms with van der Waals surface area (Å²) < 4.78 is 2.31. The SMILES string of the molecule is CNC(Cc1ncccc1C)c1cc(Br)sc1Br. The molecule has 0 aliphatic heterocycles. The number of aromatic nitrogens is 1. The van der Waals surface area contributed by atoms with Gasteiger partial charge in [0, 0.05) is 24.4 Å². The molecule has 2 rings (SSSR count). The van der Waals surface area contributed by atoms with Gasteiger partial charge in [-0.25, -0.2) is 0 Å². The number of likely N-dealkylation sites (N-methyl/N-ethyl adjacent to an activating group) is 1. The van der Waals surface area contributed by atoms with E-state index >= 15 is 0 Å². The molecule has 1 unspecified atom stereocenters. The number of aryl methyl sites for hydroxylation is 1. The van der Waals surface area contributed by atoms with Gasteiger partial charge < -0.3 is 5.32 Å². The number of pyridine rings is 1. The molecule has 1 N–H and O–H groups in total. The van der Waals surface area contributed by atoms with Crippen LogP contribution in [0.25, 0.3) is 0 Å². The molecular formula is C13H14Br2N2S. The number of rotatable bonds is 4. The summed E-state index contributed by atoms with van der Waals surface area (Å²) in [4.78, 5) is 4.46. The van der Waals surface area contributed by atoms with Crippen LogP contribution < -0.4 is 5.32 Å². The second-order valence-corrected chi connectivity index (χ2v) is 7.84. The van der Waals surface area contributed by atoms with Crippen LogP contribution in [0.2, 0.25) is 0 Å². The Balaban J connectivity index is 2.25. The van der Waals surface area contributed by atoms with Crippen molar-refractivity contribution in [2.75, 3.05) is 7.05 Å². The first-order chi connectivity index (χ1) is 8.61. The number of nitrogens with one attached hydrogen (secondary N) is 1. The summed E-state index contributed by atoms with van der Waals surface area (Å²) >= 11 is 8.84. The third-order valence-electron chi connectivity index (χ3n) is 2.92. The van der Waals surface area contributed by atoms with Crippen LogP contribution in [-0.4, -0.2) is 12.0 Å². The van der Waals surface area contributed by atoms with Crippen molar-refractivity contribution >= 4 is 43.2 Å². The number of hydrogen-bond acceptors (Lipinski definition) is 3. The number of thiophene rings is 1. The highest BCUT2D eigenvalue weighted by molar-refractivity contribution is 9.12. The maximum absolute atomic E-state index is 4.46. The molecule has 2 aromatic heterocycles. The van der Waals surface area contributed by atoms with E-state index < -0.39 is 0 Å². The fourth-order valence-corrected chi connectivity index (χ4v) is 4.86. The van der Waals surface area contributed by atoms with Crippen LogP contribution in [0.5, 0.6) is 0 Å². The molecular weight excluding hydrogens is 376 g/mol. The molecule has 0 aliphatic carbocycles. The molecule has 2 aromatic rings. The number of nitrogens with zero attached hydrogens (tertiary/aromatic N) is 1. The molecule has 2 heterocycles. The highest BCUT2D eigenvalue weighted by atomic mass is 79.9. The van der Waals surface area contributed by atoms with E-state index in [1.54, 1.807) is 11.3 Å². The summed E-state index contributed by atoms with van der Waals surface area (Å²) in [6.07, 6.45) is 2.75. The summed E-state index contributed by atoms with van der Waals surface area (Å²) in [5.41, 5.74) is 3.66. The smallest absolute Gasteiger partial charge is 0.0758 e. The van der Waals surface area contributed by atoms with Crippen LogP contribution in [0.1, 0.15) is 22.9 Å². The molecule has 1 atom stereocenters. The Bertz CT molecular complexity index is 540. The lowest BCUT2D eigenvalue weighted by Gasteiger charge is -2.16. The summed E-state index contributed by atoms with van der Waals surface area (Å²) in [6, 6.07) is 6.52. The second kappa shape index (κ2) is 6.28. The van der Waals surface area contributed by atoms with Crippen molar-refractivity contribution in [3.05, 3.63) is 48.8 Å². The van der Waals surface area contributed by atoms with E-state index in [2.05, 4.69) is 61.2 Å². The average molecular weight is 390 g/mol. The Morgan fingerprint density at radius 3 is 2.78 bits per heavy atom. The van der Waals surface area contributed by atoms with Crippen molar-refractivity contribution in [3.8, 4) is 0 Å². The predicted octanol–water partition coefficient (Wildman–Crippen LogP) is 4.48. The predicted molar refractivity (Wildman–Crippen MR) is 84.2 cm³/mol. The van der Waals surface area contributed by atoms with Gasteiger partial charge in [-0.15, -0.1) is 11.3 Å². The topological polar surface area (TPSA) is 24.9 Å². The zero-order valence-electron chi connectivity index (χ0n) is 10.2. The standard InChI is InChI=1S/C13H14Br2N2S/c1-8-4-3-5-17-10(8)7-11(16-2)9-6-12(14)18-13(9)15/h3-6,11,16H,7H2,1-2H3. The third-order valence-corrected chi connectivity index (χ3v) is 5.31. The lowest BCUT2D eigenvalue weighted by Crippen LogP contribution is -2.19. The van der Waals surface area contributed by atoms with Crippen LogP contribution in [-0.2, 0) is 6.42 Å². The Labute approximate surface area is 128 Å². The van der Waals surface area contributed by atoms with Gasteiger partial charge in [0.2, 0.25) is 0 Å². The molecule has 0 aromatic carbocycles. The zero-order valence-corrected chi connectivity index (χ0v) is 14.2. The first kappa shape index (κ1) is 14.2. The van der Waals surface area contributed by atoms with E-state index in [-0.39, 0.29) is 6.04 Å². The molecule has 2 nitrogen and oxygen atoms in total. The van der Waals surface area contributed by atoms with E-state index in [1.165, 1.54) is 14.9 Å². The lowest BCUT2D eigenvalue weighted by atomic mass is 10.0. The summed E-state index contributed by atoms with van der Waals surface area (Å²) in [7, 11) is 1.99. The maximum Gasteiger partial charge on any atom is 0.0758 e. The molecule has 0 radical (unpaired) electrons. The van der Waals surface area contributed by atoms with Crippen molar-refractivity contribution < 1.29 is 0 Å². The quantitative estimate of drug-likeness (QED) is 0.833. The molecule has 0 bridgehead atoms. The zero-order chi connectivity index (χ0) is 13.1. The van der Waals surface area contributed by atoms with Crippen molar-refractivity contribution in [3.63, 3.8) is 0 Å². The van der Waals surface area contributed by atoms with Gasteiger partial charge in [-0.3, -0.25) is 4.98 Å². The van der Waals surface area contributed by atoms with Gasteiger partial charge in [0.05, 0.1) is 7.57 Å². The van der Waals surface area contributed by atoms with Gasteiger partial charge in [0.1, 0.15) is 0 Å². The molecule has 0 fully saturated rings. The molecule has 0 aliphatic rings. The highest BCUT2D eigenvalue weighted by Gasteiger charge is 2.17. The summed E-state index contributed by atoms with van der Waals surface area (Å²) in [5, 5.41) is 3.36. The first-order valence-electron chi connectivity index (χ1n) is 5.64. The van der Waals surface area contributed by atoms with Gasteiger partial charge in [-0.1, -0.05) is 6.07 Å². The van der Waals surface area contributed by atoms with Crippen LogP contribution in [0.15, 0.2) is 32.0 Å². The Morgan fingerprint density at radius 1 is 1.44 bits per heavy atom. The van der Waals surface area contributed by atoms with Crippen LogP contribution in [0.4, 0.5) is 0 Å². The molecule has 0 spiro atoms. The van der Waals surface area contributed by atoms with Gasteiger partial charge >= 0.3 is 0 Å². The lowest BCUT2D eigenvalue weighted by molar-refractivity contribution is 0.582. The molecule has 18 heavy (non-hydrogen) atoms. The highest BCUT2D eigenvalue weighted by Crippen LogP contribution is 2.36.